The van der Waals surface area contributed by atoms with Crippen molar-refractivity contribution in [3.63, 3.8) is 0 Å². The monoisotopic (exact) mass is 372 g/mol. The van der Waals surface area contributed by atoms with E-state index in [1.165, 1.54) is 4.90 Å². The van der Waals surface area contributed by atoms with Gasteiger partial charge in [0.25, 0.3) is 5.91 Å². The second kappa shape index (κ2) is 8.53. The number of carbonyl (C=O) groups is 2. The molecule has 2 atom stereocenters. The van der Waals surface area contributed by atoms with Gasteiger partial charge < -0.3 is 25.0 Å². The van der Waals surface area contributed by atoms with E-state index in [2.05, 4.69) is 15.3 Å². The lowest BCUT2D eigenvalue weighted by Gasteiger charge is -2.37. The van der Waals surface area contributed by atoms with Gasteiger partial charge in [-0.3, -0.25) is 4.79 Å². The van der Waals surface area contributed by atoms with Crippen LogP contribution in [0.3, 0.4) is 0 Å². The first-order valence-corrected chi connectivity index (χ1v) is 8.84. The number of likely N-dealkylation sites (tertiary alicyclic amines) is 1. The molecule has 0 aromatic carbocycles. The Morgan fingerprint density at radius 3 is 2.80 bits per heavy atom. The van der Waals surface area contributed by atoms with E-state index in [4.69, 9.17) is 16.3 Å². The molecule has 1 aromatic heterocycles. The molecule has 1 fully saturated rings. The van der Waals surface area contributed by atoms with Crippen LogP contribution in [0.15, 0.2) is 0 Å². The van der Waals surface area contributed by atoms with Crippen LogP contribution < -0.4 is 5.32 Å². The van der Waals surface area contributed by atoms with Crippen LogP contribution in [-0.4, -0.2) is 63.8 Å². The molecule has 0 bridgehead atoms. The zero-order chi connectivity index (χ0) is 18.6. The highest BCUT2D eigenvalue weighted by atomic mass is 35.5. The fourth-order valence-corrected chi connectivity index (χ4v) is 2.97. The van der Waals surface area contributed by atoms with Gasteiger partial charge in [0.05, 0.1) is 24.4 Å². The minimum Gasteiger partial charge on any atom is -0.465 e. The van der Waals surface area contributed by atoms with Gasteiger partial charge >= 0.3 is 6.09 Å². The molecule has 3 N–H and O–H groups in total. The Morgan fingerprint density at radius 1 is 1.52 bits per heavy atom. The highest BCUT2D eigenvalue weighted by molar-refractivity contribution is 6.30. The molecular weight excluding hydrogens is 348 g/mol. The van der Waals surface area contributed by atoms with Crippen LogP contribution >= 0.6 is 11.6 Å². The number of piperidine rings is 1. The highest BCUT2D eigenvalue weighted by Crippen LogP contribution is 2.17. The Kier molecular flexibility index (Phi) is 6.66. The van der Waals surface area contributed by atoms with Gasteiger partial charge in [-0.2, -0.15) is 0 Å². The molecule has 0 radical (unpaired) electrons. The summed E-state index contributed by atoms with van der Waals surface area (Å²) in [6, 6.07) is -0.282. The molecule has 1 aliphatic heterocycles. The maximum absolute atomic E-state index is 12.4. The molecule has 8 nitrogen and oxygen atoms in total. The van der Waals surface area contributed by atoms with Gasteiger partial charge in [0, 0.05) is 13.2 Å². The number of hydrogen-bond acceptors (Lipinski definition) is 4. The largest absolute Gasteiger partial charge is 0.465 e. The van der Waals surface area contributed by atoms with Crippen molar-refractivity contribution in [2.24, 2.45) is 5.92 Å². The summed E-state index contributed by atoms with van der Waals surface area (Å²) in [6.45, 7) is 7.02. The van der Waals surface area contributed by atoms with E-state index in [0.717, 1.165) is 0 Å². The van der Waals surface area contributed by atoms with Gasteiger partial charge in [-0.1, -0.05) is 32.4 Å². The Labute approximate surface area is 151 Å². The first-order chi connectivity index (χ1) is 11.8. The van der Waals surface area contributed by atoms with Crippen LogP contribution in [0.25, 0.3) is 0 Å². The number of H-pyrrole nitrogens is 1. The number of amides is 2. The lowest BCUT2D eigenvalue weighted by Crippen LogP contribution is -2.56. The number of imidazole rings is 1. The summed E-state index contributed by atoms with van der Waals surface area (Å²) >= 11 is 5.98. The first kappa shape index (κ1) is 19.5. The number of aromatic nitrogens is 2. The summed E-state index contributed by atoms with van der Waals surface area (Å²) in [5, 5.41) is 12.4. The molecule has 1 aliphatic rings. The van der Waals surface area contributed by atoms with Crippen LogP contribution in [0.4, 0.5) is 4.79 Å². The summed E-state index contributed by atoms with van der Waals surface area (Å²) in [6.07, 6.45) is -0.243. The van der Waals surface area contributed by atoms with E-state index in [-0.39, 0.29) is 24.3 Å². The molecule has 2 unspecified atom stereocenters. The maximum Gasteiger partial charge on any atom is 0.407 e. The van der Waals surface area contributed by atoms with Crippen molar-refractivity contribution >= 4 is 23.6 Å². The number of nitrogens with one attached hydrogen (secondary N) is 2. The number of aryl methyl sites for hydroxylation is 1. The number of halogens is 1. The molecular formula is C16H25ClN4O4. The van der Waals surface area contributed by atoms with E-state index in [1.54, 1.807) is 0 Å². The normalized spacial score (nSPS) is 20.8. The third kappa shape index (κ3) is 5.09. The second-order valence-corrected chi connectivity index (χ2v) is 6.93. The van der Waals surface area contributed by atoms with Crippen molar-refractivity contribution in [3.8, 4) is 0 Å². The topological polar surface area (TPSA) is 108 Å². The van der Waals surface area contributed by atoms with Crippen molar-refractivity contribution < 1.29 is 19.4 Å². The van der Waals surface area contributed by atoms with Gasteiger partial charge in [-0.05, 0) is 18.8 Å². The van der Waals surface area contributed by atoms with Gasteiger partial charge in [0.1, 0.15) is 0 Å². The fourth-order valence-electron chi connectivity index (χ4n) is 2.71. The average Bonchev–Trinajstić information content (AvgIpc) is 2.94. The van der Waals surface area contributed by atoms with Crippen molar-refractivity contribution in [2.45, 2.75) is 45.8 Å². The second-order valence-electron chi connectivity index (χ2n) is 6.57. The standard InChI is InChI=1S/C16H25ClN4O4/c1-4-10-13(17)20-14(18-10)15(22)19-11-5-6-21(16(23)24)7-12(11)25-8-9(2)3/h9,11-12H,4-8H2,1-3H3,(H,18,20)(H,19,22)(H,23,24). The molecule has 140 valence electrons. The third-order valence-corrected chi connectivity index (χ3v) is 4.40. The van der Waals surface area contributed by atoms with E-state index in [0.29, 0.717) is 42.8 Å². The predicted molar refractivity (Wildman–Crippen MR) is 93.0 cm³/mol. The number of aromatic amines is 1. The third-order valence-electron chi connectivity index (χ3n) is 4.09. The van der Waals surface area contributed by atoms with E-state index < -0.39 is 12.2 Å². The number of carboxylic acid groups (broad SMARTS) is 1. The van der Waals surface area contributed by atoms with Gasteiger partial charge in [0.2, 0.25) is 0 Å². The predicted octanol–water partition coefficient (Wildman–Crippen LogP) is 2.15. The molecule has 1 saturated heterocycles. The van der Waals surface area contributed by atoms with E-state index in [1.807, 2.05) is 20.8 Å². The zero-order valence-corrected chi connectivity index (χ0v) is 15.5. The van der Waals surface area contributed by atoms with Crippen molar-refractivity contribution in [2.75, 3.05) is 19.7 Å². The number of hydrogen-bond donors (Lipinski definition) is 3. The molecule has 0 aliphatic carbocycles. The number of carbonyl (C=O) groups excluding carboxylic acids is 1. The summed E-state index contributed by atoms with van der Waals surface area (Å²) in [7, 11) is 0. The maximum atomic E-state index is 12.4. The Hall–Kier alpha value is -1.80. The van der Waals surface area contributed by atoms with Gasteiger partial charge in [-0.15, -0.1) is 0 Å². The minimum absolute atomic E-state index is 0.158. The molecule has 1 aromatic rings. The Bertz CT molecular complexity index is 619. The number of nitrogens with zero attached hydrogens (tertiary/aromatic N) is 2. The van der Waals surface area contributed by atoms with Crippen molar-refractivity contribution in [3.05, 3.63) is 16.7 Å². The number of ether oxygens (including phenoxy) is 1. The van der Waals surface area contributed by atoms with Crippen LogP contribution in [0, 0.1) is 5.92 Å². The molecule has 0 saturated carbocycles. The van der Waals surface area contributed by atoms with Crippen LogP contribution in [-0.2, 0) is 11.2 Å². The summed E-state index contributed by atoms with van der Waals surface area (Å²) < 4.78 is 5.85. The average molecular weight is 373 g/mol. The molecule has 2 rings (SSSR count). The van der Waals surface area contributed by atoms with Crippen LogP contribution in [0.1, 0.15) is 43.5 Å². The molecule has 25 heavy (non-hydrogen) atoms. The SMILES string of the molecule is CCc1[nH]c(C(=O)NC2CCN(C(=O)O)CC2OCC(C)C)nc1Cl. The molecule has 9 heteroatoms. The van der Waals surface area contributed by atoms with Crippen molar-refractivity contribution in [1.29, 1.82) is 0 Å². The molecule has 2 amide bonds. The van der Waals surface area contributed by atoms with E-state index >= 15 is 0 Å². The van der Waals surface area contributed by atoms with Crippen LogP contribution in [0.2, 0.25) is 5.15 Å². The van der Waals surface area contributed by atoms with E-state index in [9.17, 15) is 14.7 Å². The smallest absolute Gasteiger partial charge is 0.407 e. The lowest BCUT2D eigenvalue weighted by molar-refractivity contribution is -0.0261. The zero-order valence-electron chi connectivity index (χ0n) is 14.7. The van der Waals surface area contributed by atoms with Crippen LogP contribution in [0.5, 0.6) is 0 Å². The lowest BCUT2D eigenvalue weighted by atomic mass is 10.0. The van der Waals surface area contributed by atoms with Gasteiger partial charge in [-0.25, -0.2) is 9.78 Å². The first-order valence-electron chi connectivity index (χ1n) is 8.46. The molecule has 2 heterocycles. The molecule has 0 spiro atoms. The fraction of sp³-hybridized carbons (Fsp3) is 0.688. The van der Waals surface area contributed by atoms with Gasteiger partial charge in [0.15, 0.2) is 11.0 Å². The summed E-state index contributed by atoms with van der Waals surface area (Å²) in [5.41, 5.74) is 0.708. The quantitative estimate of drug-likeness (QED) is 0.709. The Morgan fingerprint density at radius 2 is 2.24 bits per heavy atom. The minimum atomic E-state index is -0.978. The summed E-state index contributed by atoms with van der Waals surface area (Å²) in [5.74, 6) is 0.103. The highest BCUT2D eigenvalue weighted by Gasteiger charge is 2.34. The summed E-state index contributed by atoms with van der Waals surface area (Å²) in [4.78, 5) is 31.9. The van der Waals surface area contributed by atoms with Crippen molar-refractivity contribution in [1.82, 2.24) is 20.2 Å². The number of rotatable bonds is 6. The Balaban J connectivity index is 2.05.